The number of nitrogens with one attached hydrogen (secondary N) is 3. The van der Waals surface area contributed by atoms with E-state index < -0.39 is 35.6 Å². The van der Waals surface area contributed by atoms with Crippen LogP contribution in [0.15, 0.2) is 53.9 Å². The number of Topliss-reactive ketones (excluding diaryl/α,β-unsaturated/α-hetero) is 1. The minimum absolute atomic E-state index is 0.0162. The van der Waals surface area contributed by atoms with Gasteiger partial charge in [-0.05, 0) is 53.1 Å². The first-order valence-corrected chi connectivity index (χ1v) is 13.6. The summed E-state index contributed by atoms with van der Waals surface area (Å²) in [5, 5.41) is 21.1. The lowest BCUT2D eigenvalue weighted by atomic mass is 10.00. The fourth-order valence-electron chi connectivity index (χ4n) is 4.13. The molecule has 0 radical (unpaired) electrons. The Morgan fingerprint density at radius 1 is 0.949 bits per heavy atom. The topological polar surface area (TPSA) is 108 Å². The predicted molar refractivity (Wildman–Crippen MR) is 148 cm³/mol. The fraction of sp³-hybridized carbons (Fsp3) is 0.345. The van der Waals surface area contributed by atoms with E-state index in [1.165, 1.54) is 23.8 Å². The zero-order valence-corrected chi connectivity index (χ0v) is 22.7. The molecule has 0 spiro atoms. The van der Waals surface area contributed by atoms with Gasteiger partial charge in [-0.15, -0.1) is 11.3 Å². The molecule has 0 saturated carbocycles. The van der Waals surface area contributed by atoms with Crippen LogP contribution >= 0.6 is 11.3 Å². The summed E-state index contributed by atoms with van der Waals surface area (Å²) < 4.78 is 27.5. The van der Waals surface area contributed by atoms with Crippen molar-refractivity contribution >= 4 is 34.6 Å². The molecule has 1 heterocycles. The highest BCUT2D eigenvalue weighted by molar-refractivity contribution is 7.12. The molecule has 0 fully saturated rings. The van der Waals surface area contributed by atoms with E-state index in [1.54, 1.807) is 11.4 Å². The number of aryl methyl sites for hydroxylation is 1. The van der Waals surface area contributed by atoms with Crippen molar-refractivity contribution in [1.82, 2.24) is 10.6 Å². The lowest BCUT2D eigenvalue weighted by Crippen LogP contribution is -2.48. The summed E-state index contributed by atoms with van der Waals surface area (Å²) in [6.45, 7) is 4.08. The van der Waals surface area contributed by atoms with Crippen molar-refractivity contribution in [2.24, 2.45) is 0 Å². The van der Waals surface area contributed by atoms with Crippen LogP contribution in [0.4, 0.5) is 14.5 Å². The zero-order chi connectivity index (χ0) is 28.4. The first-order chi connectivity index (χ1) is 18.6. The lowest BCUT2D eigenvalue weighted by Gasteiger charge is -2.25. The first-order valence-electron chi connectivity index (χ1n) is 12.7. The normalized spacial score (nSPS) is 12.5. The van der Waals surface area contributed by atoms with Crippen molar-refractivity contribution in [3.8, 4) is 0 Å². The summed E-state index contributed by atoms with van der Waals surface area (Å²) in [5.74, 6) is -2.62. The van der Waals surface area contributed by atoms with Crippen LogP contribution in [0.25, 0.3) is 0 Å². The van der Waals surface area contributed by atoms with Crippen LogP contribution in [0, 0.1) is 11.6 Å². The van der Waals surface area contributed by atoms with E-state index in [0.29, 0.717) is 17.1 Å². The molecule has 3 aromatic rings. The van der Waals surface area contributed by atoms with Crippen molar-refractivity contribution < 1.29 is 28.3 Å². The van der Waals surface area contributed by atoms with Gasteiger partial charge in [0, 0.05) is 38.9 Å². The molecule has 0 bridgehead atoms. The number of hydrogen-bond donors (Lipinski definition) is 4. The lowest BCUT2D eigenvalue weighted by molar-refractivity contribution is -0.125. The average molecular weight is 558 g/mol. The zero-order valence-electron chi connectivity index (χ0n) is 21.9. The Hall–Kier alpha value is -3.47. The minimum atomic E-state index is -1.08. The fourth-order valence-corrected chi connectivity index (χ4v) is 4.88. The van der Waals surface area contributed by atoms with Crippen LogP contribution in [-0.4, -0.2) is 41.4 Å². The molecule has 39 heavy (non-hydrogen) atoms. The number of aliphatic hydroxyl groups excluding tert-OH is 1. The second-order valence-electron chi connectivity index (χ2n) is 9.30. The summed E-state index contributed by atoms with van der Waals surface area (Å²) in [4.78, 5) is 37.1. The molecule has 2 aromatic carbocycles. The van der Waals surface area contributed by atoms with E-state index in [4.69, 9.17) is 0 Å². The Kier molecular flexibility index (Phi) is 11.3. The van der Waals surface area contributed by atoms with Gasteiger partial charge in [-0.25, -0.2) is 8.78 Å². The van der Waals surface area contributed by atoms with E-state index >= 15 is 0 Å². The number of hydrogen-bond acceptors (Lipinski definition) is 6. The Morgan fingerprint density at radius 2 is 1.64 bits per heavy atom. The second kappa shape index (κ2) is 14.6. The Bertz CT molecular complexity index is 1280. The molecule has 4 N–H and O–H groups in total. The molecule has 2 unspecified atom stereocenters. The van der Waals surface area contributed by atoms with E-state index in [9.17, 15) is 28.3 Å². The van der Waals surface area contributed by atoms with Crippen LogP contribution in [0.3, 0.4) is 0 Å². The third kappa shape index (κ3) is 9.65. The van der Waals surface area contributed by atoms with E-state index in [1.807, 2.05) is 18.2 Å². The Labute approximate surface area is 230 Å². The van der Waals surface area contributed by atoms with Crippen molar-refractivity contribution in [3.63, 3.8) is 0 Å². The van der Waals surface area contributed by atoms with E-state index in [0.717, 1.165) is 30.2 Å². The average Bonchev–Trinajstić information content (AvgIpc) is 3.35. The summed E-state index contributed by atoms with van der Waals surface area (Å²) in [7, 11) is 0. The largest absolute Gasteiger partial charge is 0.390 e. The number of ketones is 1. The van der Waals surface area contributed by atoms with Gasteiger partial charge in [0.1, 0.15) is 11.6 Å². The number of anilines is 1. The monoisotopic (exact) mass is 557 g/mol. The number of aliphatic hydroxyl groups is 1. The molecular formula is C29H33F2N3O4S. The number of benzene rings is 2. The number of carbonyl (C=O) groups excluding carboxylic acids is 3. The SMILES string of the molecule is CCc1cccc(CNCC(O)C(Cc2cc(F)cc(F)c2)NC(=O)CCC(=O)Nc2ccsc2C(C)=O)c1. The summed E-state index contributed by atoms with van der Waals surface area (Å²) >= 11 is 1.21. The molecule has 1 aromatic heterocycles. The van der Waals surface area contributed by atoms with Crippen molar-refractivity contribution in [3.05, 3.63) is 87.1 Å². The van der Waals surface area contributed by atoms with Gasteiger partial charge in [-0.3, -0.25) is 14.4 Å². The van der Waals surface area contributed by atoms with Crippen LogP contribution in [0.5, 0.6) is 0 Å². The highest BCUT2D eigenvalue weighted by Crippen LogP contribution is 2.23. The van der Waals surface area contributed by atoms with Gasteiger partial charge in [0.25, 0.3) is 0 Å². The molecule has 0 aliphatic carbocycles. The van der Waals surface area contributed by atoms with Gasteiger partial charge in [-0.1, -0.05) is 31.2 Å². The van der Waals surface area contributed by atoms with Crippen molar-refractivity contribution in [2.75, 3.05) is 11.9 Å². The molecule has 10 heteroatoms. The third-order valence-electron chi connectivity index (χ3n) is 6.11. The van der Waals surface area contributed by atoms with Crippen molar-refractivity contribution in [2.45, 2.75) is 58.2 Å². The number of rotatable bonds is 14. The minimum Gasteiger partial charge on any atom is -0.390 e. The molecule has 2 amide bonds. The molecule has 0 aliphatic heterocycles. The maximum absolute atomic E-state index is 13.8. The number of amides is 2. The summed E-state index contributed by atoms with van der Waals surface area (Å²) in [6, 6.07) is 11.8. The Balaban J connectivity index is 1.60. The maximum Gasteiger partial charge on any atom is 0.224 e. The first kappa shape index (κ1) is 30.1. The van der Waals surface area contributed by atoms with Crippen molar-refractivity contribution in [1.29, 1.82) is 0 Å². The molecule has 208 valence electrons. The number of carbonyl (C=O) groups is 3. The van der Waals surface area contributed by atoms with Crippen LogP contribution < -0.4 is 16.0 Å². The molecule has 7 nitrogen and oxygen atoms in total. The summed E-state index contributed by atoms with van der Waals surface area (Å²) in [6.07, 6.45) is -0.520. The molecule has 0 aliphatic rings. The molecular weight excluding hydrogens is 524 g/mol. The van der Waals surface area contributed by atoms with Gasteiger partial charge in [-0.2, -0.15) is 0 Å². The quantitative estimate of drug-likeness (QED) is 0.220. The van der Waals surface area contributed by atoms with Gasteiger partial charge < -0.3 is 21.1 Å². The van der Waals surface area contributed by atoms with Crippen LogP contribution in [0.2, 0.25) is 0 Å². The maximum atomic E-state index is 13.8. The summed E-state index contributed by atoms with van der Waals surface area (Å²) in [5.41, 5.74) is 2.90. The van der Waals surface area contributed by atoms with Gasteiger partial charge >= 0.3 is 0 Å². The van der Waals surface area contributed by atoms with Gasteiger partial charge in [0.2, 0.25) is 11.8 Å². The highest BCUT2D eigenvalue weighted by Gasteiger charge is 2.23. The van der Waals surface area contributed by atoms with E-state index in [-0.39, 0.29) is 37.2 Å². The van der Waals surface area contributed by atoms with Gasteiger partial charge in [0.05, 0.1) is 22.7 Å². The van der Waals surface area contributed by atoms with Crippen LogP contribution in [0.1, 0.15) is 53.1 Å². The Morgan fingerprint density at radius 3 is 2.33 bits per heavy atom. The highest BCUT2D eigenvalue weighted by atomic mass is 32.1. The molecule has 2 atom stereocenters. The smallest absolute Gasteiger partial charge is 0.224 e. The van der Waals surface area contributed by atoms with Gasteiger partial charge in [0.15, 0.2) is 5.78 Å². The van der Waals surface area contributed by atoms with E-state index in [2.05, 4.69) is 28.9 Å². The second-order valence-corrected chi connectivity index (χ2v) is 10.2. The number of thiophene rings is 1. The third-order valence-corrected chi connectivity index (χ3v) is 7.12. The molecule has 0 saturated heterocycles. The number of halogens is 2. The van der Waals surface area contributed by atoms with Crippen LogP contribution in [-0.2, 0) is 29.0 Å². The predicted octanol–water partition coefficient (Wildman–Crippen LogP) is 4.39. The molecule has 3 rings (SSSR count). The standard InChI is InChI=1S/C29H33F2N3O4S/c1-3-19-5-4-6-20(11-19)16-32-17-26(36)25(14-21-12-22(30)15-23(31)13-21)34-28(38)8-7-27(37)33-24-9-10-39-29(24)18(2)35/h4-6,9-13,15,25-26,32,36H,3,7-8,14,16-17H2,1-2H3,(H,33,37)(H,34,38).